The van der Waals surface area contributed by atoms with Gasteiger partial charge in [0.1, 0.15) is 5.75 Å². The quantitative estimate of drug-likeness (QED) is 0.464. The number of amides is 1. The van der Waals surface area contributed by atoms with Crippen LogP contribution in [0.15, 0.2) is 83.7 Å². The molecule has 4 rings (SSSR count). The lowest BCUT2D eigenvalue weighted by molar-refractivity contribution is -0.120. The molecule has 4 aromatic rings. The Kier molecular flexibility index (Phi) is 6.60. The van der Waals surface area contributed by atoms with Gasteiger partial charge in [0.25, 0.3) is 5.56 Å². The first-order valence-electron chi connectivity index (χ1n) is 10.7. The molecule has 0 saturated heterocycles. The van der Waals surface area contributed by atoms with Crippen molar-refractivity contribution in [1.82, 2.24) is 15.1 Å². The highest BCUT2D eigenvalue weighted by molar-refractivity contribution is 5.90. The normalized spacial score (nSPS) is 10.8. The number of carbonyl (C=O) groups excluding carboxylic acids is 1. The van der Waals surface area contributed by atoms with Crippen LogP contribution in [0, 0.1) is 0 Å². The smallest absolute Gasteiger partial charge is 0.266 e. The Balaban J connectivity index is 1.38. The second-order valence-corrected chi connectivity index (χ2v) is 7.40. The summed E-state index contributed by atoms with van der Waals surface area (Å²) in [7, 11) is 0. The fraction of sp³-hybridized carbons (Fsp3) is 0.192. The van der Waals surface area contributed by atoms with Gasteiger partial charge in [-0.05, 0) is 53.6 Å². The highest BCUT2D eigenvalue weighted by Gasteiger charge is 2.08. The van der Waals surface area contributed by atoms with Crippen molar-refractivity contribution < 1.29 is 9.53 Å². The first-order valence-corrected chi connectivity index (χ1v) is 10.7. The van der Waals surface area contributed by atoms with Crippen molar-refractivity contribution in [2.24, 2.45) is 0 Å². The van der Waals surface area contributed by atoms with E-state index in [1.54, 1.807) is 6.07 Å². The number of carbonyl (C=O) groups is 1. The molecule has 0 atom stereocenters. The van der Waals surface area contributed by atoms with E-state index in [4.69, 9.17) is 4.74 Å². The lowest BCUT2D eigenvalue weighted by Gasteiger charge is -2.10. The van der Waals surface area contributed by atoms with Crippen molar-refractivity contribution in [2.75, 3.05) is 13.2 Å². The molecule has 0 aliphatic heterocycles. The highest BCUT2D eigenvalue weighted by atomic mass is 16.5. The summed E-state index contributed by atoms with van der Waals surface area (Å²) in [4.78, 5) is 24.7. The third-order valence-corrected chi connectivity index (χ3v) is 5.20. The molecule has 1 aromatic heterocycles. The minimum absolute atomic E-state index is 0.0860. The van der Waals surface area contributed by atoms with E-state index in [9.17, 15) is 9.59 Å². The summed E-state index contributed by atoms with van der Waals surface area (Å²) in [6.45, 7) is 3.16. The van der Waals surface area contributed by atoms with Crippen molar-refractivity contribution in [1.29, 1.82) is 0 Å². The highest BCUT2D eigenvalue weighted by Crippen LogP contribution is 2.20. The van der Waals surface area contributed by atoms with Crippen molar-refractivity contribution in [3.8, 4) is 17.0 Å². The summed E-state index contributed by atoms with van der Waals surface area (Å²) in [6.07, 6.45) is 0.288. The molecule has 0 bridgehead atoms. The molecule has 1 heterocycles. The molecule has 1 amide bonds. The summed E-state index contributed by atoms with van der Waals surface area (Å²) < 4.78 is 6.84. The van der Waals surface area contributed by atoms with Gasteiger partial charge in [-0.15, -0.1) is 0 Å². The van der Waals surface area contributed by atoms with Crippen LogP contribution in [0.4, 0.5) is 0 Å². The van der Waals surface area contributed by atoms with E-state index in [1.807, 2.05) is 73.7 Å². The Hall–Kier alpha value is -3.93. The summed E-state index contributed by atoms with van der Waals surface area (Å²) in [6, 6.07) is 24.7. The third-order valence-electron chi connectivity index (χ3n) is 5.20. The van der Waals surface area contributed by atoms with E-state index >= 15 is 0 Å². The van der Waals surface area contributed by atoms with Crippen LogP contribution in [0.5, 0.6) is 5.75 Å². The Morgan fingerprint density at radius 1 is 0.969 bits per heavy atom. The van der Waals surface area contributed by atoms with Crippen LogP contribution in [0.3, 0.4) is 0 Å². The van der Waals surface area contributed by atoms with Gasteiger partial charge in [0.2, 0.25) is 5.91 Å². The number of fused-ring (bicyclic) bond motifs is 1. The molecular weight excluding hydrogens is 402 g/mol. The summed E-state index contributed by atoms with van der Waals surface area (Å²) in [5.74, 6) is 0.704. The molecule has 0 radical (unpaired) electrons. The maximum atomic E-state index is 12.5. The molecule has 162 valence electrons. The van der Waals surface area contributed by atoms with Crippen LogP contribution >= 0.6 is 0 Å². The number of hydrogen-bond acceptors (Lipinski definition) is 4. The van der Waals surface area contributed by atoms with Gasteiger partial charge in [-0.2, -0.15) is 5.10 Å². The maximum Gasteiger partial charge on any atom is 0.266 e. The predicted molar refractivity (Wildman–Crippen MR) is 126 cm³/mol. The Labute approximate surface area is 186 Å². The van der Waals surface area contributed by atoms with Crippen LogP contribution in [0.1, 0.15) is 12.5 Å². The molecule has 0 fully saturated rings. The van der Waals surface area contributed by atoms with Crippen LogP contribution in [0.25, 0.3) is 22.0 Å². The van der Waals surface area contributed by atoms with E-state index in [0.717, 1.165) is 27.6 Å². The average molecular weight is 428 g/mol. The lowest BCUT2D eigenvalue weighted by Crippen LogP contribution is -2.32. The number of rotatable bonds is 8. The van der Waals surface area contributed by atoms with Gasteiger partial charge < -0.3 is 10.1 Å². The van der Waals surface area contributed by atoms with E-state index in [1.165, 1.54) is 10.7 Å². The molecule has 3 aromatic carbocycles. The summed E-state index contributed by atoms with van der Waals surface area (Å²) in [5, 5.41) is 9.53. The van der Waals surface area contributed by atoms with Gasteiger partial charge in [-0.3, -0.25) is 9.59 Å². The minimum Gasteiger partial charge on any atom is -0.494 e. The first kappa shape index (κ1) is 21.3. The van der Waals surface area contributed by atoms with Crippen LogP contribution in [-0.2, 0) is 17.8 Å². The minimum atomic E-state index is -0.206. The number of hydrogen-bond donors (Lipinski definition) is 1. The zero-order valence-corrected chi connectivity index (χ0v) is 18.0. The van der Waals surface area contributed by atoms with Crippen molar-refractivity contribution >= 4 is 16.7 Å². The molecule has 0 unspecified atom stereocenters. The number of aromatic nitrogens is 2. The predicted octanol–water partition coefficient (Wildman–Crippen LogP) is 3.82. The first-order chi connectivity index (χ1) is 15.6. The number of nitrogens with one attached hydrogen (secondary N) is 1. The molecule has 0 aliphatic carbocycles. The Morgan fingerprint density at radius 2 is 1.75 bits per heavy atom. The molecular formula is C26H25N3O3. The second kappa shape index (κ2) is 9.92. The van der Waals surface area contributed by atoms with Gasteiger partial charge in [-0.1, -0.05) is 42.5 Å². The van der Waals surface area contributed by atoms with Crippen molar-refractivity contribution in [3.63, 3.8) is 0 Å². The zero-order valence-electron chi connectivity index (χ0n) is 18.0. The summed E-state index contributed by atoms with van der Waals surface area (Å²) in [5.41, 5.74) is 2.35. The van der Waals surface area contributed by atoms with E-state index in [0.29, 0.717) is 25.4 Å². The largest absolute Gasteiger partial charge is 0.494 e. The Bertz CT molecular complexity index is 1270. The number of ether oxygens (including phenoxy) is 1. The SMILES string of the molecule is CCOc1ccc(-c2ccc(=O)n(CCNC(=O)Cc3cccc4ccccc34)n2)cc1. The topological polar surface area (TPSA) is 73.2 Å². The van der Waals surface area contributed by atoms with Crippen molar-refractivity contribution in [3.05, 3.63) is 94.8 Å². The molecule has 6 nitrogen and oxygen atoms in total. The van der Waals surface area contributed by atoms with Gasteiger partial charge in [0, 0.05) is 18.2 Å². The lowest BCUT2D eigenvalue weighted by atomic mass is 10.0. The van der Waals surface area contributed by atoms with E-state index in [-0.39, 0.29) is 17.9 Å². The second-order valence-electron chi connectivity index (χ2n) is 7.40. The average Bonchev–Trinajstić information content (AvgIpc) is 2.81. The molecule has 0 aliphatic rings. The fourth-order valence-corrected chi connectivity index (χ4v) is 3.64. The third kappa shape index (κ3) is 5.03. The van der Waals surface area contributed by atoms with Crippen LogP contribution in [-0.4, -0.2) is 28.8 Å². The zero-order chi connectivity index (χ0) is 22.3. The Morgan fingerprint density at radius 3 is 2.56 bits per heavy atom. The molecule has 0 spiro atoms. The molecule has 6 heteroatoms. The number of nitrogens with zero attached hydrogens (tertiary/aromatic N) is 2. The molecule has 0 saturated carbocycles. The van der Waals surface area contributed by atoms with E-state index < -0.39 is 0 Å². The van der Waals surface area contributed by atoms with Gasteiger partial charge in [0.15, 0.2) is 0 Å². The molecule has 1 N–H and O–H groups in total. The maximum absolute atomic E-state index is 12.5. The van der Waals surface area contributed by atoms with E-state index in [2.05, 4.69) is 10.4 Å². The standard InChI is InChI=1S/C26H25N3O3/c1-2-32-22-12-10-20(11-13-22)24-14-15-26(31)29(28-24)17-16-27-25(30)18-21-8-5-7-19-6-3-4-9-23(19)21/h3-15H,2,16-18H2,1H3,(H,27,30). The molecule has 32 heavy (non-hydrogen) atoms. The van der Waals surface area contributed by atoms with Gasteiger partial charge >= 0.3 is 0 Å². The van der Waals surface area contributed by atoms with Crippen molar-refractivity contribution in [2.45, 2.75) is 19.9 Å². The van der Waals surface area contributed by atoms with Gasteiger partial charge in [0.05, 0.1) is 25.3 Å². The fourth-order valence-electron chi connectivity index (χ4n) is 3.64. The summed E-state index contributed by atoms with van der Waals surface area (Å²) >= 11 is 0. The number of benzene rings is 3. The van der Waals surface area contributed by atoms with Crippen LogP contribution in [0.2, 0.25) is 0 Å². The van der Waals surface area contributed by atoms with Crippen LogP contribution < -0.4 is 15.6 Å². The monoisotopic (exact) mass is 427 g/mol. The van der Waals surface area contributed by atoms with Gasteiger partial charge in [-0.25, -0.2) is 4.68 Å².